The van der Waals surface area contributed by atoms with Gasteiger partial charge in [0.1, 0.15) is 0 Å². The van der Waals surface area contributed by atoms with Crippen LogP contribution < -0.4 is 10.2 Å². The molecule has 0 atom stereocenters. The van der Waals surface area contributed by atoms with Crippen LogP contribution in [-0.4, -0.2) is 19.5 Å². The molecule has 0 saturated heterocycles. The van der Waals surface area contributed by atoms with Gasteiger partial charge in [-0.15, -0.1) is 11.3 Å². The van der Waals surface area contributed by atoms with Gasteiger partial charge in [-0.25, -0.2) is 0 Å². The van der Waals surface area contributed by atoms with Crippen molar-refractivity contribution in [2.24, 2.45) is 0 Å². The Morgan fingerprint density at radius 1 is 1.39 bits per heavy atom. The van der Waals surface area contributed by atoms with E-state index in [2.05, 4.69) is 23.3 Å². The second kappa shape index (κ2) is 4.46. The van der Waals surface area contributed by atoms with Crippen molar-refractivity contribution in [1.82, 2.24) is 0 Å². The van der Waals surface area contributed by atoms with E-state index in [0.29, 0.717) is 0 Å². The Morgan fingerprint density at radius 3 is 3.06 bits per heavy atom. The first-order chi connectivity index (χ1) is 8.74. The number of likely N-dealkylation sites (N-methyl/N-ethyl adjacent to an activating group) is 1. The molecule has 1 aromatic carbocycles. The number of nitrogens with zero attached hydrogens (tertiary/aromatic N) is 1. The lowest BCUT2D eigenvalue weighted by atomic mass is 10.1. The number of fused-ring (bicyclic) bond motifs is 1. The lowest BCUT2D eigenvalue weighted by molar-refractivity contribution is 0.103. The summed E-state index contributed by atoms with van der Waals surface area (Å²) >= 11 is 1.45. The molecular formula is C14H14N2OS. The van der Waals surface area contributed by atoms with Gasteiger partial charge in [0, 0.05) is 25.0 Å². The molecule has 92 valence electrons. The molecule has 0 spiro atoms. The molecular weight excluding hydrogens is 244 g/mol. The van der Waals surface area contributed by atoms with E-state index in [0.717, 1.165) is 23.5 Å². The molecule has 0 unspecified atom stereocenters. The highest BCUT2D eigenvalue weighted by atomic mass is 32.1. The van der Waals surface area contributed by atoms with Gasteiger partial charge in [-0.05, 0) is 35.6 Å². The second-order valence-electron chi connectivity index (χ2n) is 4.45. The van der Waals surface area contributed by atoms with E-state index >= 15 is 0 Å². The van der Waals surface area contributed by atoms with Gasteiger partial charge in [0.2, 0.25) is 0 Å². The Balaban J connectivity index is 1.82. The number of hydrogen-bond donors (Lipinski definition) is 1. The van der Waals surface area contributed by atoms with Gasteiger partial charge in [-0.3, -0.25) is 4.79 Å². The lowest BCUT2D eigenvalue weighted by Gasteiger charge is -2.13. The molecule has 1 aliphatic heterocycles. The number of benzene rings is 1. The van der Waals surface area contributed by atoms with Gasteiger partial charge >= 0.3 is 0 Å². The standard InChI is InChI=1S/C14H14N2OS/c1-16-7-6-10-4-5-11(9-12(10)16)15-14(17)13-3-2-8-18-13/h2-5,8-9H,6-7H2,1H3,(H,15,17). The molecule has 3 rings (SSSR count). The van der Waals surface area contributed by atoms with Gasteiger partial charge in [0.25, 0.3) is 5.91 Å². The van der Waals surface area contributed by atoms with Crippen LogP contribution in [0.25, 0.3) is 0 Å². The smallest absolute Gasteiger partial charge is 0.265 e. The van der Waals surface area contributed by atoms with Crippen LogP contribution in [0.4, 0.5) is 11.4 Å². The molecule has 0 fully saturated rings. The zero-order chi connectivity index (χ0) is 12.5. The highest BCUT2D eigenvalue weighted by Gasteiger charge is 2.16. The number of rotatable bonds is 2. The first-order valence-electron chi connectivity index (χ1n) is 5.93. The molecule has 0 radical (unpaired) electrons. The SMILES string of the molecule is CN1CCc2ccc(NC(=O)c3cccs3)cc21. The summed E-state index contributed by atoms with van der Waals surface area (Å²) in [5.74, 6) is -0.0365. The maximum atomic E-state index is 11.9. The van der Waals surface area contributed by atoms with Crippen LogP contribution in [-0.2, 0) is 6.42 Å². The predicted molar refractivity (Wildman–Crippen MR) is 75.7 cm³/mol. The van der Waals surface area contributed by atoms with Gasteiger partial charge in [-0.2, -0.15) is 0 Å². The van der Waals surface area contributed by atoms with Crippen molar-refractivity contribution in [3.63, 3.8) is 0 Å². The second-order valence-corrected chi connectivity index (χ2v) is 5.39. The zero-order valence-electron chi connectivity index (χ0n) is 10.1. The minimum atomic E-state index is -0.0365. The fourth-order valence-electron chi connectivity index (χ4n) is 2.22. The van der Waals surface area contributed by atoms with Crippen molar-refractivity contribution >= 4 is 28.6 Å². The molecule has 0 saturated carbocycles. The number of carbonyl (C=O) groups is 1. The summed E-state index contributed by atoms with van der Waals surface area (Å²) in [5.41, 5.74) is 3.44. The Kier molecular flexibility index (Phi) is 2.80. The van der Waals surface area contributed by atoms with E-state index in [1.807, 2.05) is 29.6 Å². The average molecular weight is 258 g/mol. The van der Waals surface area contributed by atoms with Crippen LogP contribution in [0.2, 0.25) is 0 Å². The molecule has 1 aliphatic rings. The van der Waals surface area contributed by atoms with Gasteiger partial charge < -0.3 is 10.2 Å². The maximum absolute atomic E-state index is 11.9. The molecule has 3 nitrogen and oxygen atoms in total. The first-order valence-corrected chi connectivity index (χ1v) is 6.81. The fourth-order valence-corrected chi connectivity index (χ4v) is 2.84. The summed E-state index contributed by atoms with van der Waals surface area (Å²) < 4.78 is 0. The predicted octanol–water partition coefficient (Wildman–Crippen LogP) is 2.99. The molecule has 1 aromatic heterocycles. The summed E-state index contributed by atoms with van der Waals surface area (Å²) in [6, 6.07) is 9.84. The van der Waals surface area contributed by atoms with Crippen LogP contribution in [0.5, 0.6) is 0 Å². The Morgan fingerprint density at radius 2 is 2.28 bits per heavy atom. The van der Waals surface area contributed by atoms with E-state index in [1.165, 1.54) is 22.6 Å². The van der Waals surface area contributed by atoms with Crippen molar-refractivity contribution in [2.75, 3.05) is 23.8 Å². The lowest BCUT2D eigenvalue weighted by Crippen LogP contribution is -2.13. The van der Waals surface area contributed by atoms with Crippen LogP contribution in [0.3, 0.4) is 0 Å². The monoisotopic (exact) mass is 258 g/mol. The largest absolute Gasteiger partial charge is 0.374 e. The van der Waals surface area contributed by atoms with Crippen molar-refractivity contribution < 1.29 is 4.79 Å². The average Bonchev–Trinajstić information content (AvgIpc) is 3.00. The summed E-state index contributed by atoms with van der Waals surface area (Å²) in [6.07, 6.45) is 1.09. The summed E-state index contributed by atoms with van der Waals surface area (Å²) in [6.45, 7) is 1.05. The third-order valence-electron chi connectivity index (χ3n) is 3.22. The third-order valence-corrected chi connectivity index (χ3v) is 4.08. The van der Waals surface area contributed by atoms with E-state index in [4.69, 9.17) is 0 Å². The van der Waals surface area contributed by atoms with E-state index in [1.54, 1.807) is 0 Å². The van der Waals surface area contributed by atoms with Gasteiger partial charge in [0.15, 0.2) is 0 Å². The third kappa shape index (κ3) is 1.99. The molecule has 18 heavy (non-hydrogen) atoms. The quantitative estimate of drug-likeness (QED) is 0.898. The van der Waals surface area contributed by atoms with Crippen LogP contribution in [0.1, 0.15) is 15.2 Å². The van der Waals surface area contributed by atoms with E-state index in [-0.39, 0.29) is 5.91 Å². The highest BCUT2D eigenvalue weighted by Crippen LogP contribution is 2.29. The number of thiophene rings is 1. The van der Waals surface area contributed by atoms with Crippen molar-refractivity contribution in [2.45, 2.75) is 6.42 Å². The van der Waals surface area contributed by atoms with Crippen molar-refractivity contribution in [3.05, 3.63) is 46.2 Å². The zero-order valence-corrected chi connectivity index (χ0v) is 11.0. The molecule has 1 N–H and O–H groups in total. The minimum Gasteiger partial charge on any atom is -0.374 e. The number of hydrogen-bond acceptors (Lipinski definition) is 3. The number of anilines is 2. The normalized spacial score (nSPS) is 13.5. The van der Waals surface area contributed by atoms with Crippen LogP contribution >= 0.6 is 11.3 Å². The summed E-state index contributed by atoms with van der Waals surface area (Å²) in [7, 11) is 2.08. The van der Waals surface area contributed by atoms with Crippen molar-refractivity contribution in [3.8, 4) is 0 Å². The molecule has 0 bridgehead atoms. The Bertz CT molecular complexity index is 577. The Labute approximate surface area is 110 Å². The number of amides is 1. The van der Waals surface area contributed by atoms with Crippen LogP contribution in [0.15, 0.2) is 35.7 Å². The molecule has 1 amide bonds. The summed E-state index contributed by atoms with van der Waals surface area (Å²) in [4.78, 5) is 14.9. The van der Waals surface area contributed by atoms with Gasteiger partial charge in [0.05, 0.1) is 4.88 Å². The molecule has 4 heteroatoms. The fraction of sp³-hybridized carbons (Fsp3) is 0.214. The summed E-state index contributed by atoms with van der Waals surface area (Å²) in [5, 5.41) is 4.85. The molecule has 2 heterocycles. The van der Waals surface area contributed by atoms with E-state index < -0.39 is 0 Å². The molecule has 0 aliphatic carbocycles. The highest BCUT2D eigenvalue weighted by molar-refractivity contribution is 7.12. The van der Waals surface area contributed by atoms with Crippen molar-refractivity contribution in [1.29, 1.82) is 0 Å². The maximum Gasteiger partial charge on any atom is 0.265 e. The number of carbonyl (C=O) groups excluding carboxylic acids is 1. The topological polar surface area (TPSA) is 32.3 Å². The molecule has 2 aromatic rings. The van der Waals surface area contributed by atoms with Gasteiger partial charge in [-0.1, -0.05) is 12.1 Å². The number of nitrogens with one attached hydrogen (secondary N) is 1. The first kappa shape index (κ1) is 11.3. The van der Waals surface area contributed by atoms with E-state index in [9.17, 15) is 4.79 Å². The minimum absolute atomic E-state index is 0.0365. The Hall–Kier alpha value is -1.81. The van der Waals surface area contributed by atoms with Crippen LogP contribution in [0, 0.1) is 0 Å².